The molecule has 0 saturated carbocycles. The van der Waals surface area contributed by atoms with Crippen molar-refractivity contribution in [1.82, 2.24) is 4.98 Å². The van der Waals surface area contributed by atoms with E-state index >= 15 is 0 Å². The van der Waals surface area contributed by atoms with Gasteiger partial charge in [0.25, 0.3) is 0 Å². The number of halogens is 1. The second kappa shape index (κ2) is 8.43. The Kier molecular flexibility index (Phi) is 7.19. The number of nitrogens with two attached hydrogens (primary N) is 1. The highest BCUT2D eigenvalue weighted by molar-refractivity contribution is 7.16. The van der Waals surface area contributed by atoms with Crippen LogP contribution < -0.4 is 11.1 Å². The van der Waals surface area contributed by atoms with E-state index in [1.165, 1.54) is 16.2 Å². The fraction of sp³-hybridized carbons (Fsp3) is 0.412. The van der Waals surface area contributed by atoms with Crippen molar-refractivity contribution in [2.45, 2.75) is 39.7 Å². The monoisotopic (exact) mass is 353 g/mol. The first kappa shape index (κ1) is 19.6. The minimum absolute atomic E-state index is 0. The van der Waals surface area contributed by atoms with Gasteiger partial charge in [-0.1, -0.05) is 58.0 Å². The Labute approximate surface area is 147 Å². The molecule has 0 spiro atoms. The van der Waals surface area contributed by atoms with E-state index in [9.17, 15) is 4.79 Å². The summed E-state index contributed by atoms with van der Waals surface area (Å²) in [5, 5.41) is 3.47. The maximum atomic E-state index is 12.1. The van der Waals surface area contributed by atoms with Crippen molar-refractivity contribution in [3.63, 3.8) is 0 Å². The van der Waals surface area contributed by atoms with Crippen LogP contribution in [0, 0.1) is 5.92 Å². The summed E-state index contributed by atoms with van der Waals surface area (Å²) >= 11 is 1.52. The van der Waals surface area contributed by atoms with Crippen molar-refractivity contribution in [3.05, 3.63) is 35.2 Å². The van der Waals surface area contributed by atoms with Gasteiger partial charge in [-0.05, 0) is 11.8 Å². The largest absolute Gasteiger partial charge is 0.320 e. The number of anilines is 1. The van der Waals surface area contributed by atoms with Gasteiger partial charge in [-0.3, -0.25) is 4.79 Å². The molecule has 2 aromatic rings. The second-order valence-electron chi connectivity index (χ2n) is 6.01. The number of amides is 1. The lowest BCUT2D eigenvalue weighted by Crippen LogP contribution is -2.39. The van der Waals surface area contributed by atoms with E-state index in [2.05, 4.69) is 24.1 Å². The summed E-state index contributed by atoms with van der Waals surface area (Å²) in [6.07, 6.45) is 0. The second-order valence-corrected chi connectivity index (χ2v) is 7.04. The molecule has 4 nitrogen and oxygen atoms in total. The van der Waals surface area contributed by atoms with Crippen LogP contribution in [0.2, 0.25) is 0 Å². The van der Waals surface area contributed by atoms with E-state index in [1.54, 1.807) is 0 Å². The Bertz CT molecular complexity index is 641. The molecule has 0 saturated heterocycles. The van der Waals surface area contributed by atoms with Crippen LogP contribution in [0.25, 0.3) is 11.3 Å². The van der Waals surface area contributed by atoms with Crippen molar-refractivity contribution in [1.29, 1.82) is 0 Å². The third-order valence-electron chi connectivity index (χ3n) is 3.48. The van der Waals surface area contributed by atoms with Gasteiger partial charge in [0.2, 0.25) is 5.91 Å². The summed E-state index contributed by atoms with van der Waals surface area (Å²) < 4.78 is 0. The molecule has 0 aliphatic heterocycles. The van der Waals surface area contributed by atoms with Gasteiger partial charge < -0.3 is 11.1 Å². The highest BCUT2D eigenvalue weighted by atomic mass is 35.5. The number of nitrogens with one attached hydrogen (secondary N) is 1. The number of benzene rings is 1. The summed E-state index contributed by atoms with van der Waals surface area (Å²) in [6.45, 7) is 8.12. The Balaban J connectivity index is 0.00000264. The van der Waals surface area contributed by atoms with E-state index in [1.807, 2.05) is 44.2 Å². The third kappa shape index (κ3) is 4.77. The Morgan fingerprint density at radius 1 is 1.17 bits per heavy atom. The highest BCUT2D eigenvalue weighted by Crippen LogP contribution is 2.36. The van der Waals surface area contributed by atoms with Gasteiger partial charge in [0, 0.05) is 10.4 Å². The molecular formula is C17H24ClN3OS. The molecule has 0 unspecified atom stereocenters. The number of rotatable bonds is 5. The molecule has 3 N–H and O–H groups in total. The van der Waals surface area contributed by atoms with Crippen LogP contribution in [0.3, 0.4) is 0 Å². The van der Waals surface area contributed by atoms with Gasteiger partial charge in [-0.2, -0.15) is 0 Å². The van der Waals surface area contributed by atoms with Crippen molar-refractivity contribution in [3.8, 4) is 11.3 Å². The summed E-state index contributed by atoms with van der Waals surface area (Å²) in [5.74, 6) is 0.258. The fourth-order valence-corrected chi connectivity index (χ4v) is 3.06. The number of aromatic nitrogens is 1. The van der Waals surface area contributed by atoms with Crippen molar-refractivity contribution < 1.29 is 4.79 Å². The first-order chi connectivity index (χ1) is 10.4. The SMILES string of the molecule is CC(C)c1sc(NC(=O)[C@@H](N)C(C)C)nc1-c1ccccc1.Cl. The topological polar surface area (TPSA) is 68.0 Å². The van der Waals surface area contributed by atoms with Crippen LogP contribution in [0.5, 0.6) is 0 Å². The fourth-order valence-electron chi connectivity index (χ4n) is 2.07. The van der Waals surface area contributed by atoms with Gasteiger partial charge in [-0.15, -0.1) is 23.7 Å². The first-order valence-electron chi connectivity index (χ1n) is 7.52. The minimum atomic E-state index is -0.522. The summed E-state index contributed by atoms with van der Waals surface area (Å²) in [4.78, 5) is 17.9. The van der Waals surface area contributed by atoms with Crippen LogP contribution in [0.4, 0.5) is 5.13 Å². The van der Waals surface area contributed by atoms with Crippen LogP contribution in [0.1, 0.15) is 38.5 Å². The molecule has 6 heteroatoms. The lowest BCUT2D eigenvalue weighted by atomic mass is 10.1. The molecule has 0 aliphatic rings. The summed E-state index contributed by atoms with van der Waals surface area (Å²) in [5.41, 5.74) is 7.89. The molecular weight excluding hydrogens is 330 g/mol. The first-order valence-corrected chi connectivity index (χ1v) is 8.34. The van der Waals surface area contributed by atoms with Crippen molar-refractivity contribution in [2.75, 3.05) is 5.32 Å². The predicted molar refractivity (Wildman–Crippen MR) is 100 cm³/mol. The van der Waals surface area contributed by atoms with Crippen LogP contribution in [-0.4, -0.2) is 16.9 Å². The van der Waals surface area contributed by atoms with E-state index < -0.39 is 6.04 Å². The molecule has 126 valence electrons. The molecule has 1 aromatic carbocycles. The standard InChI is InChI=1S/C17H23N3OS.ClH/c1-10(2)13(18)16(21)20-17-19-14(15(22-17)11(3)4)12-8-6-5-7-9-12;/h5-11,13H,18H2,1-4H3,(H,19,20,21);1H/t13-;/m0./s1. The number of carbonyl (C=O) groups is 1. The van der Waals surface area contributed by atoms with Crippen molar-refractivity contribution in [2.24, 2.45) is 11.7 Å². The molecule has 0 bridgehead atoms. The number of hydrogen-bond acceptors (Lipinski definition) is 4. The summed E-state index contributed by atoms with van der Waals surface area (Å²) in [6, 6.07) is 9.51. The van der Waals surface area contributed by atoms with Crippen LogP contribution >= 0.6 is 23.7 Å². The Morgan fingerprint density at radius 2 is 1.78 bits per heavy atom. The zero-order valence-electron chi connectivity index (χ0n) is 13.9. The highest BCUT2D eigenvalue weighted by Gasteiger charge is 2.21. The Hall–Kier alpha value is -1.43. The maximum absolute atomic E-state index is 12.1. The molecule has 0 aliphatic carbocycles. The molecule has 1 aromatic heterocycles. The van der Waals surface area contributed by atoms with Gasteiger partial charge in [0.05, 0.1) is 11.7 Å². The lowest BCUT2D eigenvalue weighted by molar-refractivity contribution is -0.118. The maximum Gasteiger partial charge on any atom is 0.243 e. The number of hydrogen-bond donors (Lipinski definition) is 2. The zero-order chi connectivity index (χ0) is 16.3. The molecule has 0 fully saturated rings. The van der Waals surface area contributed by atoms with Crippen LogP contribution in [-0.2, 0) is 4.79 Å². The van der Waals surface area contributed by atoms with E-state index in [-0.39, 0.29) is 24.2 Å². The normalized spacial score (nSPS) is 12.1. The van der Waals surface area contributed by atoms with Crippen LogP contribution in [0.15, 0.2) is 30.3 Å². The minimum Gasteiger partial charge on any atom is -0.320 e. The summed E-state index contributed by atoms with van der Waals surface area (Å²) in [7, 11) is 0. The molecule has 1 atom stereocenters. The number of carbonyl (C=O) groups excluding carboxylic acids is 1. The smallest absolute Gasteiger partial charge is 0.243 e. The third-order valence-corrected chi connectivity index (χ3v) is 4.75. The molecule has 2 rings (SSSR count). The molecule has 23 heavy (non-hydrogen) atoms. The predicted octanol–water partition coefficient (Wildman–Crippen LogP) is 4.28. The number of thiazole rings is 1. The average Bonchev–Trinajstić information content (AvgIpc) is 2.91. The van der Waals surface area contributed by atoms with Crippen molar-refractivity contribution >= 4 is 34.8 Å². The van der Waals surface area contributed by atoms with Gasteiger partial charge >= 0.3 is 0 Å². The molecule has 0 radical (unpaired) electrons. The van der Waals surface area contributed by atoms with Gasteiger partial charge in [-0.25, -0.2) is 4.98 Å². The Morgan fingerprint density at radius 3 is 2.30 bits per heavy atom. The van der Waals surface area contributed by atoms with E-state index in [0.717, 1.165) is 11.3 Å². The quantitative estimate of drug-likeness (QED) is 0.843. The molecule has 1 heterocycles. The zero-order valence-corrected chi connectivity index (χ0v) is 15.5. The molecule has 1 amide bonds. The average molecular weight is 354 g/mol. The van der Waals surface area contributed by atoms with Gasteiger partial charge in [0.15, 0.2) is 5.13 Å². The van der Waals surface area contributed by atoms with E-state index in [4.69, 9.17) is 5.73 Å². The number of nitrogens with zero attached hydrogens (tertiary/aromatic N) is 1. The van der Waals surface area contributed by atoms with Gasteiger partial charge in [0.1, 0.15) is 0 Å². The lowest BCUT2D eigenvalue weighted by Gasteiger charge is -2.13. The van der Waals surface area contributed by atoms with E-state index in [0.29, 0.717) is 11.0 Å².